The van der Waals surface area contributed by atoms with E-state index in [1.807, 2.05) is 29.2 Å². The lowest BCUT2D eigenvalue weighted by Crippen LogP contribution is -2.46. The van der Waals surface area contributed by atoms with Crippen LogP contribution in [0.3, 0.4) is 0 Å². The minimum absolute atomic E-state index is 0.00650. The number of hydrogen-bond acceptors (Lipinski definition) is 7. The Hall–Kier alpha value is -3.73. The summed E-state index contributed by atoms with van der Waals surface area (Å²) in [4.78, 5) is 51.8. The molecule has 0 saturated heterocycles. The molecule has 0 aliphatic rings. The second kappa shape index (κ2) is 8.74. The molecular weight excluding hydrogens is 410 g/mol. The van der Waals surface area contributed by atoms with E-state index in [0.717, 1.165) is 16.5 Å². The third kappa shape index (κ3) is 4.63. The fourth-order valence-corrected chi connectivity index (χ4v) is 3.65. The first-order chi connectivity index (χ1) is 14.3. The minimum Gasteiger partial charge on any atom is -0.499 e. The number of H-pyrrole nitrogens is 2. The van der Waals surface area contributed by atoms with Gasteiger partial charge in [0.1, 0.15) is 11.6 Å². The van der Waals surface area contributed by atoms with Crippen LogP contribution in [-0.4, -0.2) is 38.6 Å². The van der Waals surface area contributed by atoms with E-state index in [2.05, 4.69) is 20.8 Å². The van der Waals surface area contributed by atoms with E-state index in [9.17, 15) is 24.3 Å². The average molecular weight is 429 g/mol. The van der Waals surface area contributed by atoms with E-state index in [1.165, 1.54) is 13.8 Å². The maximum absolute atomic E-state index is 12.7. The number of nitrogens with one attached hydrogen (secondary N) is 4. The van der Waals surface area contributed by atoms with Crippen molar-refractivity contribution >= 4 is 39.8 Å². The highest BCUT2D eigenvalue weighted by atomic mass is 32.1. The lowest BCUT2D eigenvalue weighted by molar-refractivity contribution is -0.128. The van der Waals surface area contributed by atoms with Crippen molar-refractivity contribution in [3.63, 3.8) is 0 Å². The smallest absolute Gasteiger partial charge is 0.310 e. The van der Waals surface area contributed by atoms with Crippen LogP contribution in [0.25, 0.3) is 10.9 Å². The average Bonchev–Trinajstić information content (AvgIpc) is 3.07. The molecule has 11 heteroatoms. The van der Waals surface area contributed by atoms with Crippen LogP contribution >= 0.6 is 11.3 Å². The highest BCUT2D eigenvalue weighted by Crippen LogP contribution is 2.19. The number of aromatic nitrogens is 2. The van der Waals surface area contributed by atoms with Crippen molar-refractivity contribution in [2.75, 3.05) is 0 Å². The molecule has 2 aromatic heterocycles. The second-order valence-electron chi connectivity index (χ2n) is 6.51. The summed E-state index contributed by atoms with van der Waals surface area (Å²) < 4.78 is 0. The van der Waals surface area contributed by atoms with Gasteiger partial charge in [-0.2, -0.15) is 5.10 Å². The van der Waals surface area contributed by atoms with Gasteiger partial charge in [0.2, 0.25) is 5.91 Å². The molecule has 0 radical (unpaired) electrons. The third-order valence-electron chi connectivity index (χ3n) is 4.33. The van der Waals surface area contributed by atoms with Crippen LogP contribution in [0.5, 0.6) is 5.06 Å². The van der Waals surface area contributed by atoms with Crippen LogP contribution in [0.4, 0.5) is 0 Å². The van der Waals surface area contributed by atoms with Gasteiger partial charge in [-0.1, -0.05) is 18.2 Å². The topological polar surface area (TPSA) is 157 Å². The number of fused-ring (bicyclic) bond motifs is 1. The number of carbonyl (C=O) groups is 2. The first kappa shape index (κ1) is 21.0. The van der Waals surface area contributed by atoms with Gasteiger partial charge in [-0.25, -0.2) is 5.43 Å². The van der Waals surface area contributed by atoms with Crippen molar-refractivity contribution in [3.8, 4) is 5.06 Å². The second-order valence-corrected chi connectivity index (χ2v) is 7.48. The number of hydrazone groups is 1. The lowest BCUT2D eigenvalue weighted by Gasteiger charge is -2.16. The van der Waals surface area contributed by atoms with Gasteiger partial charge in [-0.15, -0.1) is 0 Å². The molecule has 1 aromatic carbocycles. The molecule has 0 bridgehead atoms. The summed E-state index contributed by atoms with van der Waals surface area (Å²) in [6.07, 6.45) is 1.98. The fraction of sp³-hybridized carbons (Fsp3) is 0.211. The Morgan fingerprint density at radius 1 is 1.23 bits per heavy atom. The predicted octanol–water partition coefficient (Wildman–Crippen LogP) is 0.571. The molecule has 10 nitrogen and oxygen atoms in total. The summed E-state index contributed by atoms with van der Waals surface area (Å²) in [7, 11) is 0. The number of benzene rings is 1. The quantitative estimate of drug-likeness (QED) is 0.286. The van der Waals surface area contributed by atoms with Crippen molar-refractivity contribution in [1.29, 1.82) is 0 Å². The summed E-state index contributed by atoms with van der Waals surface area (Å²) in [5.41, 5.74) is 3.02. The normalized spacial score (nSPS) is 12.5. The van der Waals surface area contributed by atoms with E-state index in [-0.39, 0.29) is 17.7 Å². The maximum Gasteiger partial charge on any atom is 0.310 e. The summed E-state index contributed by atoms with van der Waals surface area (Å²) in [6, 6.07) is 6.64. The van der Waals surface area contributed by atoms with Crippen LogP contribution < -0.4 is 21.2 Å². The molecule has 2 amide bonds. The fourth-order valence-electron chi connectivity index (χ4n) is 2.98. The van der Waals surface area contributed by atoms with E-state index in [4.69, 9.17) is 0 Å². The lowest BCUT2D eigenvalue weighted by atomic mass is 10.0. The molecule has 3 rings (SSSR count). The number of amides is 2. The van der Waals surface area contributed by atoms with Gasteiger partial charge in [-0.3, -0.25) is 24.2 Å². The Morgan fingerprint density at radius 2 is 1.97 bits per heavy atom. The van der Waals surface area contributed by atoms with E-state index >= 15 is 0 Å². The van der Waals surface area contributed by atoms with Crippen LogP contribution in [0.1, 0.15) is 25.0 Å². The Morgan fingerprint density at radius 3 is 2.67 bits per heavy atom. The Labute approximate surface area is 173 Å². The van der Waals surface area contributed by atoms with Gasteiger partial charge < -0.3 is 15.4 Å². The zero-order valence-electron chi connectivity index (χ0n) is 16.1. The molecule has 0 fully saturated rings. The van der Waals surface area contributed by atoms with Crippen molar-refractivity contribution < 1.29 is 14.7 Å². The van der Waals surface area contributed by atoms with Crippen molar-refractivity contribution in [1.82, 2.24) is 20.7 Å². The SMILES string of the molecule is CC(=O)N[C@@H](Cc1c[nH]c2ccccc12)C(=O)NN=C(C)c1c(O)sc(=O)[nH]c1=O. The summed E-state index contributed by atoms with van der Waals surface area (Å²) >= 11 is 0.445. The molecule has 0 spiro atoms. The van der Waals surface area contributed by atoms with Crippen LogP contribution in [0.2, 0.25) is 0 Å². The predicted molar refractivity (Wildman–Crippen MR) is 113 cm³/mol. The zero-order valence-corrected chi connectivity index (χ0v) is 16.9. The molecule has 0 unspecified atom stereocenters. The van der Waals surface area contributed by atoms with Crippen LogP contribution in [-0.2, 0) is 16.0 Å². The standard InChI is InChI=1S/C19H19N5O5S/c1-9(15-17(27)22-19(29)30-18(15)28)23-24-16(26)14(21-10(2)25)7-11-8-20-13-6-4-3-5-12(11)13/h3-6,8,14,20,28H,7H2,1-2H3,(H,21,25)(H,24,26)(H,22,27,29)/t14-/m0/s1. The van der Waals surface area contributed by atoms with Gasteiger partial charge in [0.05, 0.1) is 5.71 Å². The number of rotatable bonds is 6. The van der Waals surface area contributed by atoms with Gasteiger partial charge in [-0.05, 0) is 29.9 Å². The Bertz CT molecular complexity index is 1260. The maximum atomic E-state index is 12.7. The number of para-hydroxylation sites is 1. The van der Waals surface area contributed by atoms with Gasteiger partial charge in [0.25, 0.3) is 11.5 Å². The van der Waals surface area contributed by atoms with Gasteiger partial charge in [0.15, 0.2) is 5.06 Å². The van der Waals surface area contributed by atoms with E-state index in [0.29, 0.717) is 11.3 Å². The molecule has 0 saturated carbocycles. The van der Waals surface area contributed by atoms with E-state index < -0.39 is 33.4 Å². The van der Waals surface area contributed by atoms with Crippen LogP contribution in [0, 0.1) is 0 Å². The first-order valence-corrected chi connectivity index (χ1v) is 9.71. The first-order valence-electron chi connectivity index (χ1n) is 8.89. The number of aromatic hydroxyl groups is 1. The van der Waals surface area contributed by atoms with Crippen molar-refractivity contribution in [3.05, 3.63) is 61.6 Å². The van der Waals surface area contributed by atoms with Crippen molar-refractivity contribution in [2.24, 2.45) is 5.10 Å². The van der Waals surface area contributed by atoms with Crippen LogP contribution in [0.15, 0.2) is 45.2 Å². The molecule has 5 N–H and O–H groups in total. The van der Waals surface area contributed by atoms with Crippen molar-refractivity contribution in [2.45, 2.75) is 26.3 Å². The molecule has 1 atom stereocenters. The Balaban J connectivity index is 1.82. The minimum atomic E-state index is -0.919. The summed E-state index contributed by atoms with van der Waals surface area (Å²) in [5.74, 6) is -0.993. The molecule has 156 valence electrons. The van der Waals surface area contributed by atoms with Gasteiger partial charge in [0, 0.05) is 30.4 Å². The Kier molecular flexibility index (Phi) is 6.11. The molecule has 30 heavy (non-hydrogen) atoms. The number of carbonyl (C=O) groups excluding carboxylic acids is 2. The van der Waals surface area contributed by atoms with E-state index in [1.54, 1.807) is 6.20 Å². The summed E-state index contributed by atoms with van der Waals surface area (Å²) in [5, 5.41) is 16.7. The molecule has 0 aliphatic heterocycles. The number of hydrogen-bond donors (Lipinski definition) is 5. The highest BCUT2D eigenvalue weighted by molar-refractivity contribution is 7.11. The van der Waals surface area contributed by atoms with Gasteiger partial charge >= 0.3 is 4.87 Å². The largest absolute Gasteiger partial charge is 0.499 e. The molecular formula is C19H19N5O5S. The monoisotopic (exact) mass is 429 g/mol. The number of aromatic amines is 2. The molecule has 2 heterocycles. The molecule has 3 aromatic rings. The third-order valence-corrected chi connectivity index (χ3v) is 5.02. The molecule has 0 aliphatic carbocycles. The number of nitrogens with zero attached hydrogens (tertiary/aromatic N) is 1. The highest BCUT2D eigenvalue weighted by Gasteiger charge is 2.22. The zero-order chi connectivity index (χ0) is 21.8. The summed E-state index contributed by atoms with van der Waals surface area (Å²) in [6.45, 7) is 2.70.